The second-order valence-electron chi connectivity index (χ2n) is 8.15. The maximum atomic E-state index is 13.0. The van der Waals surface area contributed by atoms with E-state index in [1.807, 2.05) is 4.68 Å². The van der Waals surface area contributed by atoms with Gasteiger partial charge in [-0.25, -0.2) is 0 Å². The van der Waals surface area contributed by atoms with Crippen molar-refractivity contribution in [2.45, 2.75) is 63.3 Å². The van der Waals surface area contributed by atoms with Crippen LogP contribution in [0.4, 0.5) is 5.82 Å². The Morgan fingerprint density at radius 1 is 1.00 bits per heavy atom. The number of aromatic amines is 1. The van der Waals surface area contributed by atoms with Crippen LogP contribution in [-0.2, 0) is 4.79 Å². The Bertz CT molecular complexity index is 960. The number of carbonyl (C=O) groups excluding carboxylic acids is 1. The third-order valence-electron chi connectivity index (χ3n) is 6.30. The molecule has 1 aromatic carbocycles. The maximum absolute atomic E-state index is 13.0. The lowest BCUT2D eigenvalue weighted by molar-refractivity contribution is -0.116. The molecule has 1 aromatic heterocycles. The number of carbonyl (C=O) groups is 1. The van der Waals surface area contributed by atoms with E-state index in [-0.39, 0.29) is 41.2 Å². The Kier molecular flexibility index (Phi) is 5.74. The molecule has 8 nitrogen and oxygen atoms in total. The number of aromatic hydroxyl groups is 1. The average Bonchev–Trinajstić information content (AvgIpc) is 3.03. The minimum atomic E-state index is -0.448. The number of nitrogens with one attached hydrogen (secondary N) is 2. The molecule has 30 heavy (non-hydrogen) atoms. The van der Waals surface area contributed by atoms with Gasteiger partial charge in [-0.1, -0.05) is 32.1 Å². The van der Waals surface area contributed by atoms with Crippen LogP contribution in [0.5, 0.6) is 17.2 Å². The van der Waals surface area contributed by atoms with E-state index >= 15 is 0 Å². The highest BCUT2D eigenvalue weighted by atomic mass is 16.5. The number of amides is 1. The molecule has 1 fully saturated rings. The van der Waals surface area contributed by atoms with Crippen LogP contribution >= 0.6 is 0 Å². The number of rotatable bonds is 4. The van der Waals surface area contributed by atoms with E-state index in [4.69, 9.17) is 9.47 Å². The van der Waals surface area contributed by atoms with Gasteiger partial charge in [0, 0.05) is 12.3 Å². The van der Waals surface area contributed by atoms with Gasteiger partial charge in [0.25, 0.3) is 5.56 Å². The molecule has 0 saturated heterocycles. The second-order valence-corrected chi connectivity index (χ2v) is 8.15. The molecule has 0 bridgehead atoms. The summed E-state index contributed by atoms with van der Waals surface area (Å²) in [5.74, 6) is 0.358. The van der Waals surface area contributed by atoms with Gasteiger partial charge in [0.1, 0.15) is 5.82 Å². The number of phenols is 1. The minimum absolute atomic E-state index is 0.106. The van der Waals surface area contributed by atoms with Crippen molar-refractivity contribution in [2.75, 3.05) is 19.5 Å². The Hall–Kier alpha value is -2.90. The van der Waals surface area contributed by atoms with Gasteiger partial charge < -0.3 is 19.9 Å². The molecule has 1 atom stereocenters. The summed E-state index contributed by atoms with van der Waals surface area (Å²) in [6, 6.07) is 3.50. The number of hydrogen-bond donors (Lipinski definition) is 3. The minimum Gasteiger partial charge on any atom is -0.502 e. The predicted molar refractivity (Wildman–Crippen MR) is 113 cm³/mol. The van der Waals surface area contributed by atoms with E-state index in [0.29, 0.717) is 16.9 Å². The van der Waals surface area contributed by atoms with Crippen LogP contribution in [0, 0.1) is 0 Å². The summed E-state index contributed by atoms with van der Waals surface area (Å²) in [7, 11) is 2.91. The molecule has 1 aliphatic carbocycles. The Morgan fingerprint density at radius 3 is 2.20 bits per heavy atom. The number of nitrogens with zero attached hydrogens (tertiary/aromatic N) is 1. The summed E-state index contributed by atoms with van der Waals surface area (Å²) in [5, 5.41) is 16.2. The summed E-state index contributed by atoms with van der Waals surface area (Å²) in [6.07, 6.45) is 8.00. The number of phenolic OH excluding ortho intramolecular Hbond substituents is 1. The lowest BCUT2D eigenvalue weighted by atomic mass is 9.86. The highest BCUT2D eigenvalue weighted by Crippen LogP contribution is 2.44. The average molecular weight is 415 g/mol. The summed E-state index contributed by atoms with van der Waals surface area (Å²) >= 11 is 0. The highest BCUT2D eigenvalue weighted by molar-refractivity contribution is 5.94. The van der Waals surface area contributed by atoms with Crippen molar-refractivity contribution in [3.8, 4) is 17.2 Å². The molecular weight excluding hydrogens is 386 g/mol. The first kappa shape index (κ1) is 20.4. The van der Waals surface area contributed by atoms with E-state index in [2.05, 4.69) is 10.4 Å². The summed E-state index contributed by atoms with van der Waals surface area (Å²) in [6.45, 7) is 0. The molecule has 2 aromatic rings. The predicted octanol–water partition coefficient (Wildman–Crippen LogP) is 3.66. The lowest BCUT2D eigenvalue weighted by Crippen LogP contribution is -2.27. The third-order valence-corrected chi connectivity index (χ3v) is 6.30. The number of hydrogen-bond acceptors (Lipinski definition) is 5. The van der Waals surface area contributed by atoms with E-state index < -0.39 is 5.92 Å². The van der Waals surface area contributed by atoms with Gasteiger partial charge in [0.15, 0.2) is 11.5 Å². The monoisotopic (exact) mass is 415 g/mol. The fourth-order valence-electron chi connectivity index (χ4n) is 4.75. The van der Waals surface area contributed by atoms with Crippen LogP contribution in [0.2, 0.25) is 0 Å². The molecule has 4 rings (SSSR count). The molecule has 0 unspecified atom stereocenters. The number of methoxy groups -OCH3 is 2. The standard InChI is InChI=1S/C22H29N3O5/c1-29-16-10-13(11-17(30-2)20(16)27)15-12-18(26)23-21-19(15)22(28)24-25(21)14-8-6-4-3-5-7-9-14/h10-11,14-15,27H,3-9,12H2,1-2H3,(H,23,26)(H,24,28)/t15-/m1/s1. The van der Waals surface area contributed by atoms with Gasteiger partial charge >= 0.3 is 0 Å². The van der Waals surface area contributed by atoms with Gasteiger partial charge in [0.05, 0.1) is 25.8 Å². The van der Waals surface area contributed by atoms with Crippen LogP contribution < -0.4 is 20.3 Å². The largest absolute Gasteiger partial charge is 0.502 e. The Balaban J connectivity index is 1.79. The Labute approximate surface area is 175 Å². The molecule has 1 aliphatic heterocycles. The summed E-state index contributed by atoms with van der Waals surface area (Å²) in [4.78, 5) is 25.6. The number of fused-ring (bicyclic) bond motifs is 1. The zero-order chi connectivity index (χ0) is 21.3. The smallest absolute Gasteiger partial charge is 0.270 e. The van der Waals surface area contributed by atoms with Crippen LogP contribution in [-0.4, -0.2) is 35.0 Å². The number of H-pyrrole nitrogens is 1. The summed E-state index contributed by atoms with van der Waals surface area (Å²) < 4.78 is 12.4. The lowest BCUT2D eigenvalue weighted by Gasteiger charge is -2.27. The zero-order valence-electron chi connectivity index (χ0n) is 17.5. The van der Waals surface area contributed by atoms with E-state index in [0.717, 1.165) is 25.7 Å². The molecule has 1 saturated carbocycles. The number of anilines is 1. The first-order valence-electron chi connectivity index (χ1n) is 10.6. The molecule has 8 heteroatoms. The first-order valence-corrected chi connectivity index (χ1v) is 10.6. The molecule has 1 amide bonds. The topological polar surface area (TPSA) is 106 Å². The van der Waals surface area contributed by atoms with Crippen molar-refractivity contribution in [2.24, 2.45) is 0 Å². The summed E-state index contributed by atoms with van der Waals surface area (Å²) in [5.41, 5.74) is 1.05. The molecule has 2 heterocycles. The van der Waals surface area contributed by atoms with Crippen molar-refractivity contribution in [1.29, 1.82) is 0 Å². The molecule has 3 N–H and O–H groups in total. The molecule has 2 aliphatic rings. The fraction of sp³-hybridized carbons (Fsp3) is 0.545. The number of aromatic nitrogens is 2. The molecule has 162 valence electrons. The van der Waals surface area contributed by atoms with E-state index in [1.54, 1.807) is 12.1 Å². The Morgan fingerprint density at radius 2 is 1.60 bits per heavy atom. The normalized spacial score (nSPS) is 20.1. The van der Waals surface area contributed by atoms with Crippen molar-refractivity contribution < 1.29 is 19.4 Å². The van der Waals surface area contributed by atoms with Crippen LogP contribution in [0.25, 0.3) is 0 Å². The van der Waals surface area contributed by atoms with Crippen molar-refractivity contribution in [3.05, 3.63) is 33.6 Å². The maximum Gasteiger partial charge on any atom is 0.270 e. The molecule has 0 radical (unpaired) electrons. The first-order chi connectivity index (χ1) is 14.5. The van der Waals surface area contributed by atoms with Crippen LogP contribution in [0.15, 0.2) is 16.9 Å². The SMILES string of the molecule is COc1cc([C@H]2CC(=O)Nc3c2c(=O)[nH]n3C2CCCCCCC2)cc(OC)c1O. The second kappa shape index (κ2) is 8.45. The van der Waals surface area contributed by atoms with E-state index in [1.165, 1.54) is 33.5 Å². The third kappa shape index (κ3) is 3.66. The molecular formula is C22H29N3O5. The van der Waals surface area contributed by atoms with Crippen molar-refractivity contribution in [1.82, 2.24) is 9.78 Å². The van der Waals surface area contributed by atoms with Crippen LogP contribution in [0.1, 0.15) is 74.5 Å². The fourth-order valence-corrected chi connectivity index (χ4v) is 4.75. The van der Waals surface area contributed by atoms with Crippen LogP contribution in [0.3, 0.4) is 0 Å². The highest BCUT2D eigenvalue weighted by Gasteiger charge is 2.35. The quantitative estimate of drug-likeness (QED) is 0.707. The van der Waals surface area contributed by atoms with Gasteiger partial charge in [0.2, 0.25) is 11.7 Å². The number of ether oxygens (including phenoxy) is 2. The van der Waals surface area contributed by atoms with Gasteiger partial charge in [-0.3, -0.25) is 19.4 Å². The number of benzene rings is 1. The van der Waals surface area contributed by atoms with Gasteiger partial charge in [-0.15, -0.1) is 0 Å². The van der Waals surface area contributed by atoms with Crippen molar-refractivity contribution >= 4 is 11.7 Å². The molecule has 0 spiro atoms. The van der Waals surface area contributed by atoms with Gasteiger partial charge in [-0.05, 0) is 30.5 Å². The van der Waals surface area contributed by atoms with Crippen molar-refractivity contribution in [3.63, 3.8) is 0 Å². The zero-order valence-corrected chi connectivity index (χ0v) is 17.5. The van der Waals surface area contributed by atoms with E-state index in [9.17, 15) is 14.7 Å². The van der Waals surface area contributed by atoms with Gasteiger partial charge in [-0.2, -0.15) is 0 Å².